The van der Waals surface area contributed by atoms with Gasteiger partial charge in [0.1, 0.15) is 6.10 Å². The van der Waals surface area contributed by atoms with E-state index in [0.29, 0.717) is 25.9 Å². The second kappa shape index (κ2) is 18.3. The number of methoxy groups -OCH3 is 3. The zero-order chi connectivity index (χ0) is 42.1. The van der Waals surface area contributed by atoms with Gasteiger partial charge in [-0.3, -0.25) is 0 Å². The highest BCUT2D eigenvalue weighted by molar-refractivity contribution is 6.75. The minimum atomic E-state index is -2.27. The van der Waals surface area contributed by atoms with Crippen LogP contribution in [0.15, 0.2) is 0 Å². The summed E-state index contributed by atoms with van der Waals surface area (Å²) in [6.45, 7) is 42.7. The van der Waals surface area contributed by atoms with Crippen LogP contribution in [-0.2, 0) is 41.7 Å². The molecule has 2 aliphatic heterocycles. The molecule has 2 saturated heterocycles. The first-order valence-corrected chi connectivity index (χ1v) is 29.2. The van der Waals surface area contributed by atoms with Crippen LogP contribution in [0, 0.1) is 11.8 Å². The summed E-state index contributed by atoms with van der Waals surface area (Å²) < 4.78 is 61.2. The van der Waals surface area contributed by atoms with Gasteiger partial charge in [0, 0.05) is 52.6 Å². The molecule has 0 saturated carbocycles. The van der Waals surface area contributed by atoms with Gasteiger partial charge in [-0.25, -0.2) is 0 Å². The molecule has 10 atom stereocenters. The van der Waals surface area contributed by atoms with Crippen LogP contribution in [0.1, 0.15) is 109 Å². The third kappa shape index (κ3) is 11.7. The van der Waals surface area contributed by atoms with E-state index < -0.39 is 48.7 Å². The maximum Gasteiger partial charge on any atom is 0.202 e. The molecule has 0 bridgehead atoms. The van der Waals surface area contributed by atoms with Gasteiger partial charge in [-0.15, -0.1) is 0 Å². The molecule has 13 heteroatoms. The van der Waals surface area contributed by atoms with Gasteiger partial charge in [0.15, 0.2) is 30.7 Å². The molecule has 0 spiro atoms. The van der Waals surface area contributed by atoms with Gasteiger partial charge in [0.2, 0.25) is 5.79 Å². The van der Waals surface area contributed by atoms with Crippen LogP contribution in [0.3, 0.4) is 0 Å². The van der Waals surface area contributed by atoms with E-state index in [4.69, 9.17) is 41.7 Å². The lowest BCUT2D eigenvalue weighted by Crippen LogP contribution is -2.67. The van der Waals surface area contributed by atoms with E-state index in [2.05, 4.69) is 115 Å². The van der Waals surface area contributed by atoms with Gasteiger partial charge in [-0.2, -0.15) is 0 Å². The zero-order valence-electron chi connectivity index (χ0n) is 38.9. The molecular formula is C41H86O10Si3. The highest BCUT2D eigenvalue weighted by Gasteiger charge is 2.64. The van der Waals surface area contributed by atoms with Crippen LogP contribution in [0.4, 0.5) is 0 Å². The number of hydrogen-bond donors (Lipinski definition) is 1. The quantitative estimate of drug-likeness (QED) is 0.135. The topological polar surface area (TPSA) is 103 Å². The van der Waals surface area contributed by atoms with Crippen LogP contribution < -0.4 is 0 Å². The largest absolute Gasteiger partial charge is 0.413 e. The second-order valence-corrected chi connectivity index (χ2v) is 35.6. The van der Waals surface area contributed by atoms with Crippen molar-refractivity contribution in [2.45, 2.75) is 218 Å². The fourth-order valence-corrected chi connectivity index (χ4v) is 11.4. The maximum absolute atomic E-state index is 10.2. The highest BCUT2D eigenvalue weighted by atomic mass is 28.4. The highest BCUT2D eigenvalue weighted by Crippen LogP contribution is 2.51. The van der Waals surface area contributed by atoms with E-state index in [9.17, 15) is 5.11 Å². The molecule has 0 aliphatic carbocycles. The molecule has 1 N–H and O–H groups in total. The summed E-state index contributed by atoms with van der Waals surface area (Å²) in [6.07, 6.45) is -0.967. The van der Waals surface area contributed by atoms with Crippen LogP contribution in [0.5, 0.6) is 0 Å². The first-order chi connectivity index (χ1) is 24.3. The molecule has 10 nitrogen and oxygen atoms in total. The molecule has 0 unspecified atom stereocenters. The standard InChI is InChI=1S/C41H86O10Si3/c1-28-32(25-30(27-43-14)49-52(17,18)37(3,4)5)47-41(45-16,29(2)35(28)51-54(21,22)39(9,10)11)36-34(46-40(12,13)48-36)26-33(44-15)31(23-24-42)50-53(19,20)38(6,7)8/h28-36,42H,23-27H2,1-22H3/t28-,29+,30+,31-,32+,33-,34-,35-,36+,41+/m0/s1. The molecule has 0 aromatic heterocycles. The summed E-state index contributed by atoms with van der Waals surface area (Å²) in [7, 11) is -1.46. The lowest BCUT2D eigenvalue weighted by Gasteiger charge is -2.56. The Kier molecular flexibility index (Phi) is 17.0. The first-order valence-electron chi connectivity index (χ1n) is 20.5. The van der Waals surface area contributed by atoms with Crippen molar-refractivity contribution in [3.63, 3.8) is 0 Å². The van der Waals surface area contributed by atoms with Crippen LogP contribution in [0.25, 0.3) is 0 Å². The average molecular weight is 823 g/mol. The third-order valence-corrected chi connectivity index (χ3v) is 27.2. The number of aliphatic hydroxyl groups is 1. The summed E-state index contributed by atoms with van der Waals surface area (Å²) in [5.74, 6) is -2.37. The van der Waals surface area contributed by atoms with Crippen molar-refractivity contribution in [3.8, 4) is 0 Å². The minimum absolute atomic E-state index is 0.00491. The maximum atomic E-state index is 10.2. The fraction of sp³-hybridized carbons (Fsp3) is 1.00. The first kappa shape index (κ1) is 50.4. The Hall–Kier alpha value is 0.251. The van der Waals surface area contributed by atoms with Gasteiger partial charge < -0.3 is 46.8 Å². The van der Waals surface area contributed by atoms with E-state index in [1.807, 2.05) is 13.8 Å². The molecule has 54 heavy (non-hydrogen) atoms. The van der Waals surface area contributed by atoms with Crippen molar-refractivity contribution in [1.82, 2.24) is 0 Å². The lowest BCUT2D eigenvalue weighted by molar-refractivity contribution is -0.366. The van der Waals surface area contributed by atoms with Gasteiger partial charge in [-0.1, -0.05) is 76.2 Å². The van der Waals surface area contributed by atoms with E-state index in [1.54, 1.807) is 21.3 Å². The number of aliphatic hydroxyl groups excluding tert-OH is 1. The molecule has 0 aromatic carbocycles. The zero-order valence-corrected chi connectivity index (χ0v) is 41.9. The molecule has 2 heterocycles. The summed E-state index contributed by atoms with van der Waals surface area (Å²) in [6, 6.07) is 0. The Balaban J connectivity index is 2.72. The molecular weight excluding hydrogens is 737 g/mol. The molecule has 2 rings (SSSR count). The monoisotopic (exact) mass is 823 g/mol. The molecule has 0 radical (unpaired) electrons. The normalized spacial score (nSPS) is 30.7. The van der Waals surface area contributed by atoms with Crippen molar-refractivity contribution < 1.29 is 46.8 Å². The lowest BCUT2D eigenvalue weighted by atomic mass is 9.76. The molecule has 0 amide bonds. The summed E-state index contributed by atoms with van der Waals surface area (Å²) in [4.78, 5) is 0. The van der Waals surface area contributed by atoms with E-state index in [-0.39, 0.29) is 64.1 Å². The van der Waals surface area contributed by atoms with Gasteiger partial charge >= 0.3 is 0 Å². The Labute approximate surface area is 335 Å². The predicted octanol–water partition coefficient (Wildman–Crippen LogP) is 9.52. The Morgan fingerprint density at radius 3 is 1.65 bits per heavy atom. The Morgan fingerprint density at radius 1 is 0.685 bits per heavy atom. The van der Waals surface area contributed by atoms with Gasteiger partial charge in [0.25, 0.3) is 0 Å². The number of ether oxygens (including phenoxy) is 6. The summed E-state index contributed by atoms with van der Waals surface area (Å²) in [5, 5.41) is 10.2. The van der Waals surface area contributed by atoms with Crippen molar-refractivity contribution in [2.24, 2.45) is 11.8 Å². The second-order valence-electron chi connectivity index (χ2n) is 21.3. The van der Waals surface area contributed by atoms with Crippen LogP contribution in [0.2, 0.25) is 54.4 Å². The van der Waals surface area contributed by atoms with Crippen molar-refractivity contribution >= 4 is 25.0 Å². The molecule has 0 aromatic rings. The number of hydrogen-bond acceptors (Lipinski definition) is 10. The fourth-order valence-electron chi connectivity index (χ4n) is 7.18. The Bertz CT molecular complexity index is 1160. The Morgan fingerprint density at radius 2 is 1.20 bits per heavy atom. The summed E-state index contributed by atoms with van der Waals surface area (Å²) in [5.41, 5.74) is 0. The number of rotatable bonds is 18. The van der Waals surface area contributed by atoms with E-state index in [1.165, 1.54) is 0 Å². The summed E-state index contributed by atoms with van der Waals surface area (Å²) >= 11 is 0. The van der Waals surface area contributed by atoms with Gasteiger partial charge in [-0.05, 0) is 74.7 Å². The average Bonchev–Trinajstić information content (AvgIpc) is 3.31. The third-order valence-electron chi connectivity index (χ3n) is 13.7. The van der Waals surface area contributed by atoms with E-state index in [0.717, 1.165) is 0 Å². The van der Waals surface area contributed by atoms with Crippen LogP contribution >= 0.6 is 0 Å². The van der Waals surface area contributed by atoms with Crippen molar-refractivity contribution in [2.75, 3.05) is 34.5 Å². The minimum Gasteiger partial charge on any atom is -0.413 e. The van der Waals surface area contributed by atoms with Crippen LogP contribution in [-0.4, -0.2) is 119 Å². The molecule has 2 aliphatic rings. The smallest absolute Gasteiger partial charge is 0.202 e. The van der Waals surface area contributed by atoms with Crippen molar-refractivity contribution in [3.05, 3.63) is 0 Å². The molecule has 2 fully saturated rings. The SMILES string of the molecule is COC[C@@H](C[C@H]1O[C@@](OC)([C@@H]2OC(C)(C)O[C@H]2C[C@H](OC)[C@H](CCO)O[Si](C)(C)C(C)(C)C)[C@H](C)[C@@H](O[Si](C)(C)C(C)(C)C)[C@H]1C)O[Si](C)(C)C(C)(C)C. The molecule has 322 valence electrons. The van der Waals surface area contributed by atoms with Gasteiger partial charge in [0.05, 0.1) is 43.2 Å². The van der Waals surface area contributed by atoms with Crippen molar-refractivity contribution in [1.29, 1.82) is 0 Å². The van der Waals surface area contributed by atoms with E-state index >= 15 is 0 Å². The predicted molar refractivity (Wildman–Crippen MR) is 227 cm³/mol.